The molecule has 162 valence electrons. The van der Waals surface area contributed by atoms with Crippen LogP contribution in [0.3, 0.4) is 0 Å². The second-order valence-electron chi connectivity index (χ2n) is 8.29. The van der Waals surface area contributed by atoms with E-state index in [1.54, 1.807) is 0 Å². The van der Waals surface area contributed by atoms with Crippen molar-refractivity contribution in [2.45, 2.75) is 37.1 Å². The number of halogens is 2. The molecule has 8 heteroatoms. The van der Waals surface area contributed by atoms with Crippen LogP contribution in [0.15, 0.2) is 35.2 Å². The van der Waals surface area contributed by atoms with Gasteiger partial charge in [-0.1, -0.05) is 17.7 Å². The first-order valence-corrected chi connectivity index (χ1v) is 12.1. The summed E-state index contributed by atoms with van der Waals surface area (Å²) in [4.78, 5) is 4.72. The summed E-state index contributed by atoms with van der Waals surface area (Å²) < 4.78 is 42.0. The van der Waals surface area contributed by atoms with Gasteiger partial charge in [0.2, 0.25) is 10.0 Å². The Kier molecular flexibility index (Phi) is 6.08. The van der Waals surface area contributed by atoms with Gasteiger partial charge in [0, 0.05) is 37.9 Å². The van der Waals surface area contributed by atoms with Crippen molar-refractivity contribution in [1.82, 2.24) is 9.62 Å². The van der Waals surface area contributed by atoms with Crippen molar-refractivity contribution < 1.29 is 12.8 Å². The van der Waals surface area contributed by atoms with E-state index in [4.69, 9.17) is 11.6 Å². The monoisotopic (exact) mass is 451 g/mol. The summed E-state index contributed by atoms with van der Waals surface area (Å²) in [6, 6.07) is 7.64. The fourth-order valence-electron chi connectivity index (χ4n) is 4.42. The quantitative estimate of drug-likeness (QED) is 0.774. The van der Waals surface area contributed by atoms with Gasteiger partial charge in [-0.05, 0) is 74.2 Å². The normalized spacial score (nSPS) is 20.3. The predicted octanol–water partition coefficient (Wildman–Crippen LogP) is 3.38. The van der Waals surface area contributed by atoms with Crippen molar-refractivity contribution >= 4 is 27.3 Å². The topological polar surface area (TPSA) is 52.6 Å². The Morgan fingerprint density at radius 2 is 1.83 bits per heavy atom. The van der Waals surface area contributed by atoms with E-state index in [9.17, 15) is 12.8 Å². The molecule has 2 aliphatic rings. The van der Waals surface area contributed by atoms with E-state index in [1.807, 2.05) is 0 Å². The number of aryl methyl sites for hydroxylation is 1. The highest BCUT2D eigenvalue weighted by atomic mass is 35.5. The Bertz CT molecular complexity index is 1050. The zero-order valence-electron chi connectivity index (χ0n) is 17.3. The highest BCUT2D eigenvalue weighted by Gasteiger charge is 2.29. The number of likely N-dealkylation sites (N-methyl/N-ethyl adjacent to an activating group) is 1. The number of nitrogens with one attached hydrogen (secondary N) is 1. The minimum atomic E-state index is -3.78. The van der Waals surface area contributed by atoms with Crippen molar-refractivity contribution in [1.29, 1.82) is 0 Å². The van der Waals surface area contributed by atoms with Crippen LogP contribution in [0.1, 0.15) is 23.1 Å². The van der Waals surface area contributed by atoms with E-state index in [1.165, 1.54) is 28.4 Å². The molecule has 0 amide bonds. The number of sulfonamides is 1. The lowest BCUT2D eigenvalue weighted by molar-refractivity contribution is 0.312. The molecule has 5 nitrogen and oxygen atoms in total. The number of piperazine rings is 1. The molecule has 1 aliphatic heterocycles. The van der Waals surface area contributed by atoms with Crippen LogP contribution in [0, 0.1) is 12.7 Å². The predicted molar refractivity (Wildman–Crippen MR) is 118 cm³/mol. The fraction of sp³-hybridized carbons (Fsp3) is 0.455. The summed E-state index contributed by atoms with van der Waals surface area (Å²) in [6.45, 7) is 6.10. The first-order chi connectivity index (χ1) is 14.2. The molecule has 0 saturated carbocycles. The minimum absolute atomic E-state index is 0.0109. The van der Waals surface area contributed by atoms with E-state index in [0.717, 1.165) is 51.2 Å². The van der Waals surface area contributed by atoms with Crippen molar-refractivity contribution in [3.05, 3.63) is 57.9 Å². The molecule has 1 fully saturated rings. The summed E-state index contributed by atoms with van der Waals surface area (Å²) in [5, 5.41) is -0.195. The molecule has 0 aromatic heterocycles. The van der Waals surface area contributed by atoms with Crippen LogP contribution in [0.2, 0.25) is 5.02 Å². The number of hydrogen-bond acceptors (Lipinski definition) is 4. The van der Waals surface area contributed by atoms with Gasteiger partial charge in [0.05, 0.1) is 9.92 Å². The molecule has 30 heavy (non-hydrogen) atoms. The van der Waals surface area contributed by atoms with E-state index in [-0.39, 0.29) is 16.0 Å². The SMILES string of the molecule is Cc1ccc(N2CCN(C)CC2)c2c1CC[C@@H](NS(=O)(=O)c1ccc(F)c(Cl)c1)C2. The summed E-state index contributed by atoms with van der Waals surface area (Å²) in [5.41, 5.74) is 5.06. The maximum atomic E-state index is 13.4. The summed E-state index contributed by atoms with van der Waals surface area (Å²) in [6.07, 6.45) is 2.21. The Labute approximate surface area is 182 Å². The van der Waals surface area contributed by atoms with Crippen molar-refractivity contribution in [2.75, 3.05) is 38.1 Å². The maximum Gasteiger partial charge on any atom is 0.240 e. The standard InChI is InChI=1S/C22H27ClFN3O2S/c1-15-3-8-22(27-11-9-26(2)10-12-27)19-13-16(4-6-18(15)19)25-30(28,29)17-5-7-21(24)20(23)14-17/h3,5,7-8,14,16,25H,4,6,9-13H2,1-2H3/t16-/m1/s1. The summed E-state index contributed by atoms with van der Waals surface area (Å²) in [5.74, 6) is -0.630. The van der Waals surface area contributed by atoms with E-state index in [0.29, 0.717) is 6.42 Å². The summed E-state index contributed by atoms with van der Waals surface area (Å²) >= 11 is 5.79. The Hall–Kier alpha value is -1.67. The molecule has 2 aromatic rings. The third-order valence-corrected chi connectivity index (χ3v) is 8.01. The average Bonchev–Trinajstić information content (AvgIpc) is 2.71. The number of nitrogens with zero attached hydrogens (tertiary/aromatic N) is 2. The van der Waals surface area contributed by atoms with Crippen molar-refractivity contribution in [2.24, 2.45) is 0 Å². The van der Waals surface area contributed by atoms with E-state index in [2.05, 4.69) is 40.6 Å². The van der Waals surface area contributed by atoms with Crippen LogP contribution < -0.4 is 9.62 Å². The van der Waals surface area contributed by atoms with Gasteiger partial charge in [-0.15, -0.1) is 0 Å². The Morgan fingerprint density at radius 1 is 1.10 bits per heavy atom. The van der Waals surface area contributed by atoms with Crippen LogP contribution in [0.4, 0.5) is 10.1 Å². The Morgan fingerprint density at radius 3 is 2.53 bits per heavy atom. The minimum Gasteiger partial charge on any atom is -0.369 e. The number of rotatable bonds is 4. The molecule has 0 spiro atoms. The van der Waals surface area contributed by atoms with Crippen molar-refractivity contribution in [3.63, 3.8) is 0 Å². The third kappa shape index (κ3) is 4.35. The van der Waals surface area contributed by atoms with Gasteiger partial charge in [-0.3, -0.25) is 0 Å². The number of hydrogen-bond donors (Lipinski definition) is 1. The number of fused-ring (bicyclic) bond motifs is 1. The van der Waals surface area contributed by atoms with Gasteiger partial charge in [0.15, 0.2) is 0 Å². The second-order valence-corrected chi connectivity index (χ2v) is 10.4. The number of benzene rings is 2. The molecule has 0 bridgehead atoms. The van der Waals surface area contributed by atoms with E-state index >= 15 is 0 Å². The third-order valence-electron chi connectivity index (χ3n) is 6.20. The highest BCUT2D eigenvalue weighted by Crippen LogP contribution is 2.34. The first kappa shape index (κ1) is 21.6. The molecule has 0 radical (unpaired) electrons. The van der Waals surface area contributed by atoms with Crippen LogP contribution in [0.25, 0.3) is 0 Å². The first-order valence-electron chi connectivity index (χ1n) is 10.3. The van der Waals surface area contributed by atoms with Gasteiger partial charge >= 0.3 is 0 Å². The van der Waals surface area contributed by atoms with Gasteiger partial charge in [0.25, 0.3) is 0 Å². The molecule has 1 heterocycles. The van der Waals surface area contributed by atoms with Crippen LogP contribution >= 0.6 is 11.6 Å². The molecular weight excluding hydrogens is 425 g/mol. The summed E-state index contributed by atoms with van der Waals surface area (Å²) in [7, 11) is -1.64. The Balaban J connectivity index is 1.58. The zero-order valence-corrected chi connectivity index (χ0v) is 18.9. The van der Waals surface area contributed by atoms with Gasteiger partial charge in [0.1, 0.15) is 5.82 Å². The molecule has 1 atom stereocenters. The zero-order chi connectivity index (χ0) is 21.5. The van der Waals surface area contributed by atoms with Crippen LogP contribution in [-0.4, -0.2) is 52.6 Å². The van der Waals surface area contributed by atoms with Crippen molar-refractivity contribution in [3.8, 4) is 0 Å². The molecule has 0 unspecified atom stereocenters. The molecule has 4 rings (SSSR count). The molecular formula is C22H27ClFN3O2S. The smallest absolute Gasteiger partial charge is 0.240 e. The lowest BCUT2D eigenvalue weighted by Gasteiger charge is -2.37. The lowest BCUT2D eigenvalue weighted by atomic mass is 9.84. The number of anilines is 1. The maximum absolute atomic E-state index is 13.4. The highest BCUT2D eigenvalue weighted by molar-refractivity contribution is 7.89. The molecule has 1 N–H and O–H groups in total. The van der Waals surface area contributed by atoms with Gasteiger partial charge in [-0.25, -0.2) is 17.5 Å². The average molecular weight is 452 g/mol. The molecule has 1 aliphatic carbocycles. The fourth-order valence-corrected chi connectivity index (χ4v) is 5.96. The van der Waals surface area contributed by atoms with Crippen LogP contribution in [0.5, 0.6) is 0 Å². The van der Waals surface area contributed by atoms with Crippen LogP contribution in [-0.2, 0) is 22.9 Å². The van der Waals surface area contributed by atoms with Gasteiger partial charge < -0.3 is 9.80 Å². The largest absolute Gasteiger partial charge is 0.369 e. The lowest BCUT2D eigenvalue weighted by Crippen LogP contribution is -2.45. The molecule has 1 saturated heterocycles. The van der Waals surface area contributed by atoms with Gasteiger partial charge in [-0.2, -0.15) is 0 Å². The second kappa shape index (κ2) is 8.46. The van der Waals surface area contributed by atoms with E-state index < -0.39 is 15.8 Å². The molecule has 2 aromatic carbocycles.